The van der Waals surface area contributed by atoms with Crippen LogP contribution in [0.4, 0.5) is 5.95 Å². The average Bonchev–Trinajstić information content (AvgIpc) is 2.87. The van der Waals surface area contributed by atoms with E-state index in [9.17, 15) is 0 Å². The highest BCUT2D eigenvalue weighted by molar-refractivity contribution is 7.71. The molecule has 0 fully saturated rings. The molecule has 0 radical (unpaired) electrons. The maximum Gasteiger partial charge on any atom is 0.225 e. The lowest BCUT2D eigenvalue weighted by Crippen LogP contribution is -2.33. The Labute approximate surface area is 130 Å². The Morgan fingerprint density at radius 1 is 1.43 bits per heavy atom. The van der Waals surface area contributed by atoms with E-state index in [2.05, 4.69) is 35.0 Å². The smallest absolute Gasteiger partial charge is 0.225 e. The summed E-state index contributed by atoms with van der Waals surface area (Å²) in [5.74, 6) is 1.79. The van der Waals surface area contributed by atoms with Crippen LogP contribution in [0, 0.1) is 4.77 Å². The first-order valence-corrected chi connectivity index (χ1v) is 7.49. The summed E-state index contributed by atoms with van der Waals surface area (Å²) >= 11 is 5.25. The fourth-order valence-electron chi connectivity index (χ4n) is 2.39. The molecular weight excluding hydrogens is 284 g/mol. The molecule has 5 nitrogen and oxygen atoms in total. The van der Waals surface area contributed by atoms with E-state index in [1.165, 1.54) is 5.56 Å². The van der Waals surface area contributed by atoms with E-state index >= 15 is 0 Å². The van der Waals surface area contributed by atoms with Crippen LogP contribution in [-0.4, -0.2) is 35.0 Å². The normalized spacial score (nSPS) is 12.2. The maximum atomic E-state index is 5.42. The summed E-state index contributed by atoms with van der Waals surface area (Å²) in [4.78, 5) is 2.14. The highest BCUT2D eigenvalue weighted by atomic mass is 32.1. The van der Waals surface area contributed by atoms with Crippen molar-refractivity contribution < 1.29 is 4.74 Å². The van der Waals surface area contributed by atoms with Crippen molar-refractivity contribution in [3.05, 3.63) is 34.6 Å². The first kappa shape index (κ1) is 15.6. The molecule has 1 heterocycles. The van der Waals surface area contributed by atoms with E-state index < -0.39 is 0 Å². The van der Waals surface area contributed by atoms with E-state index in [1.54, 1.807) is 7.11 Å². The lowest BCUT2D eigenvalue weighted by Gasteiger charge is -2.26. The predicted octanol–water partition coefficient (Wildman–Crippen LogP) is 3.04. The zero-order valence-electron chi connectivity index (χ0n) is 13.0. The van der Waals surface area contributed by atoms with Crippen molar-refractivity contribution in [2.45, 2.75) is 32.9 Å². The van der Waals surface area contributed by atoms with Gasteiger partial charge in [-0.15, -0.1) is 5.10 Å². The highest BCUT2D eigenvalue weighted by Gasteiger charge is 2.17. The number of rotatable bonds is 6. The molecule has 2 rings (SSSR count). The molecule has 1 aromatic heterocycles. The van der Waals surface area contributed by atoms with Crippen LogP contribution in [0.5, 0.6) is 5.75 Å². The van der Waals surface area contributed by atoms with Crippen LogP contribution in [0.1, 0.15) is 19.4 Å². The molecule has 0 aliphatic rings. The summed E-state index contributed by atoms with van der Waals surface area (Å²) in [6.07, 6.45) is 0.879. The second kappa shape index (κ2) is 6.76. The number of nitrogens with zero attached hydrogens (tertiary/aromatic N) is 3. The van der Waals surface area contributed by atoms with Crippen LogP contribution in [0.15, 0.2) is 24.3 Å². The summed E-state index contributed by atoms with van der Waals surface area (Å²) < 4.78 is 8.07. The molecule has 0 spiro atoms. The summed E-state index contributed by atoms with van der Waals surface area (Å²) in [6.45, 7) is 5.04. The number of aromatic amines is 1. The number of H-pyrrole nitrogens is 1. The molecule has 0 aliphatic carbocycles. The first-order valence-electron chi connectivity index (χ1n) is 7.08. The van der Waals surface area contributed by atoms with Crippen LogP contribution < -0.4 is 9.64 Å². The quantitative estimate of drug-likeness (QED) is 0.833. The monoisotopic (exact) mass is 306 g/mol. The minimum absolute atomic E-state index is 0.275. The number of benzene rings is 1. The van der Waals surface area contributed by atoms with E-state index in [-0.39, 0.29) is 6.04 Å². The van der Waals surface area contributed by atoms with E-state index in [0.29, 0.717) is 4.77 Å². The fraction of sp³-hybridized carbons (Fsp3) is 0.467. The molecule has 0 aliphatic heterocycles. The van der Waals surface area contributed by atoms with Gasteiger partial charge in [0.05, 0.1) is 7.11 Å². The third-order valence-corrected chi connectivity index (χ3v) is 4.05. The molecule has 0 saturated carbocycles. The molecule has 6 heteroatoms. The molecule has 21 heavy (non-hydrogen) atoms. The Morgan fingerprint density at radius 2 is 2.14 bits per heavy atom. The lowest BCUT2D eigenvalue weighted by molar-refractivity contribution is 0.408. The predicted molar refractivity (Wildman–Crippen MR) is 87.6 cm³/mol. The molecule has 0 amide bonds. The minimum Gasteiger partial charge on any atom is -0.496 e. The first-order chi connectivity index (χ1) is 10.1. The van der Waals surface area contributed by atoms with Gasteiger partial charge in [0.2, 0.25) is 5.95 Å². The molecule has 1 aromatic carbocycles. The number of nitrogens with one attached hydrogen (secondary N) is 1. The molecule has 0 saturated heterocycles. The molecule has 1 N–H and O–H groups in total. The van der Waals surface area contributed by atoms with Gasteiger partial charge in [-0.3, -0.25) is 4.57 Å². The van der Waals surface area contributed by atoms with Crippen LogP contribution in [0.3, 0.4) is 0 Å². The van der Waals surface area contributed by atoms with Gasteiger partial charge in [-0.05, 0) is 44.1 Å². The van der Waals surface area contributed by atoms with Crippen molar-refractivity contribution in [2.24, 2.45) is 0 Å². The van der Waals surface area contributed by atoms with Crippen LogP contribution in [0.25, 0.3) is 0 Å². The Morgan fingerprint density at radius 3 is 2.81 bits per heavy atom. The number of methoxy groups -OCH3 is 1. The van der Waals surface area contributed by atoms with E-state index in [4.69, 9.17) is 17.0 Å². The van der Waals surface area contributed by atoms with Gasteiger partial charge in [0.1, 0.15) is 5.75 Å². The SMILES string of the molecule is CCn1c(N(C)C(C)Cc2ccccc2OC)n[nH]c1=S. The van der Waals surface area contributed by atoms with Gasteiger partial charge >= 0.3 is 0 Å². The van der Waals surface area contributed by atoms with Crippen molar-refractivity contribution in [1.29, 1.82) is 0 Å². The number of anilines is 1. The molecule has 1 unspecified atom stereocenters. The summed E-state index contributed by atoms with van der Waals surface area (Å²) in [5.41, 5.74) is 1.19. The average molecular weight is 306 g/mol. The van der Waals surface area contributed by atoms with Gasteiger partial charge in [0, 0.05) is 19.6 Å². The van der Waals surface area contributed by atoms with E-state index in [1.807, 2.05) is 29.8 Å². The van der Waals surface area contributed by atoms with Crippen molar-refractivity contribution in [3.63, 3.8) is 0 Å². The zero-order chi connectivity index (χ0) is 15.4. The van der Waals surface area contributed by atoms with E-state index in [0.717, 1.165) is 24.7 Å². The molecular formula is C15H22N4OS. The Bertz CT molecular complexity index is 649. The summed E-state index contributed by atoms with van der Waals surface area (Å²) in [6, 6.07) is 8.38. The second-order valence-electron chi connectivity index (χ2n) is 5.05. The van der Waals surface area contributed by atoms with Gasteiger partial charge in [0.25, 0.3) is 0 Å². The van der Waals surface area contributed by atoms with Gasteiger partial charge in [-0.2, -0.15) is 0 Å². The third-order valence-electron chi connectivity index (χ3n) is 3.74. The van der Waals surface area contributed by atoms with Gasteiger partial charge in [0.15, 0.2) is 4.77 Å². The number of aromatic nitrogens is 3. The minimum atomic E-state index is 0.275. The van der Waals surface area contributed by atoms with Crippen molar-refractivity contribution >= 4 is 18.2 Å². The molecule has 1 atom stereocenters. The van der Waals surface area contributed by atoms with Gasteiger partial charge in [-0.25, -0.2) is 5.10 Å². The Kier molecular flexibility index (Phi) is 5.01. The Hall–Kier alpha value is -1.82. The topological polar surface area (TPSA) is 46.1 Å². The number of likely N-dealkylation sites (N-methyl/N-ethyl adjacent to an activating group) is 1. The van der Waals surface area contributed by atoms with Crippen LogP contribution in [0.2, 0.25) is 0 Å². The number of ether oxygens (including phenoxy) is 1. The maximum absolute atomic E-state index is 5.42. The fourth-order valence-corrected chi connectivity index (χ4v) is 2.64. The number of hydrogen-bond acceptors (Lipinski definition) is 4. The zero-order valence-corrected chi connectivity index (χ0v) is 13.8. The molecule has 2 aromatic rings. The Balaban J connectivity index is 2.19. The third kappa shape index (κ3) is 3.26. The van der Waals surface area contributed by atoms with Crippen molar-refractivity contribution in [2.75, 3.05) is 19.1 Å². The van der Waals surface area contributed by atoms with Crippen molar-refractivity contribution in [1.82, 2.24) is 14.8 Å². The molecule has 0 bridgehead atoms. The number of hydrogen-bond donors (Lipinski definition) is 1. The standard InChI is InChI=1S/C15H22N4OS/c1-5-19-14(16-17-15(19)21)18(3)11(2)10-12-8-6-7-9-13(12)20-4/h6-9,11H,5,10H2,1-4H3,(H,17,21). The number of para-hydroxylation sites is 1. The largest absolute Gasteiger partial charge is 0.496 e. The van der Waals surface area contributed by atoms with Crippen molar-refractivity contribution in [3.8, 4) is 5.75 Å². The summed E-state index contributed by atoms with van der Waals surface area (Å²) in [7, 11) is 3.74. The second-order valence-corrected chi connectivity index (χ2v) is 5.44. The summed E-state index contributed by atoms with van der Waals surface area (Å²) in [5, 5.41) is 7.19. The molecule has 114 valence electrons. The van der Waals surface area contributed by atoms with Gasteiger partial charge < -0.3 is 9.64 Å². The van der Waals surface area contributed by atoms with Crippen LogP contribution >= 0.6 is 12.2 Å². The highest BCUT2D eigenvalue weighted by Crippen LogP contribution is 2.22. The lowest BCUT2D eigenvalue weighted by atomic mass is 10.1. The van der Waals surface area contributed by atoms with Crippen LogP contribution in [-0.2, 0) is 13.0 Å². The van der Waals surface area contributed by atoms with Gasteiger partial charge in [-0.1, -0.05) is 18.2 Å².